The van der Waals surface area contributed by atoms with Crippen LogP contribution in [0.15, 0.2) is 48.5 Å². The Morgan fingerprint density at radius 3 is 2.38 bits per heavy atom. The number of rotatable bonds is 3. The van der Waals surface area contributed by atoms with Gasteiger partial charge in [0.25, 0.3) is 5.91 Å². The van der Waals surface area contributed by atoms with Gasteiger partial charge in [-0.2, -0.15) is 5.10 Å². The van der Waals surface area contributed by atoms with Crippen molar-refractivity contribution in [2.75, 3.05) is 5.32 Å². The number of aryl methyl sites for hydroxylation is 2. The second-order valence-corrected chi connectivity index (χ2v) is 6.31. The normalized spacial score (nSPS) is 10.7. The van der Waals surface area contributed by atoms with Crippen molar-refractivity contribution in [3.63, 3.8) is 0 Å². The fourth-order valence-electron chi connectivity index (χ4n) is 2.43. The number of hydrogen-bond donors (Lipinski definition) is 1. The highest BCUT2D eigenvalue weighted by molar-refractivity contribution is 6.35. The highest BCUT2D eigenvalue weighted by atomic mass is 35.5. The summed E-state index contributed by atoms with van der Waals surface area (Å²) in [6.45, 7) is 3.93. The van der Waals surface area contributed by atoms with Gasteiger partial charge in [-0.3, -0.25) is 4.79 Å². The molecule has 3 aromatic rings. The lowest BCUT2D eigenvalue weighted by molar-refractivity contribution is 0.102. The van der Waals surface area contributed by atoms with Crippen molar-refractivity contribution >= 4 is 34.8 Å². The molecule has 1 aromatic heterocycles. The smallest absolute Gasteiger partial charge is 0.255 e. The number of carbonyl (C=O) groups is 1. The highest BCUT2D eigenvalue weighted by Crippen LogP contribution is 2.26. The Bertz CT molecular complexity index is 901. The first-order valence-electron chi connectivity index (χ1n) is 7.34. The Labute approximate surface area is 150 Å². The predicted octanol–water partition coefficient (Wildman–Crippen LogP) is 5.05. The van der Waals surface area contributed by atoms with Gasteiger partial charge in [0.1, 0.15) is 0 Å². The Morgan fingerprint density at radius 1 is 1.04 bits per heavy atom. The van der Waals surface area contributed by atoms with E-state index >= 15 is 0 Å². The fourth-order valence-corrected chi connectivity index (χ4v) is 2.77. The minimum absolute atomic E-state index is 0.251. The van der Waals surface area contributed by atoms with Crippen molar-refractivity contribution in [1.82, 2.24) is 9.78 Å². The molecule has 24 heavy (non-hydrogen) atoms. The van der Waals surface area contributed by atoms with Gasteiger partial charge in [0, 0.05) is 16.3 Å². The van der Waals surface area contributed by atoms with Crippen LogP contribution in [0.25, 0.3) is 5.69 Å². The van der Waals surface area contributed by atoms with Crippen molar-refractivity contribution in [2.24, 2.45) is 0 Å². The second-order valence-electron chi connectivity index (χ2n) is 5.46. The van der Waals surface area contributed by atoms with Gasteiger partial charge in [0.15, 0.2) is 0 Å². The van der Waals surface area contributed by atoms with Crippen molar-refractivity contribution in [3.05, 3.63) is 75.5 Å². The van der Waals surface area contributed by atoms with Gasteiger partial charge in [-0.15, -0.1) is 0 Å². The van der Waals surface area contributed by atoms with Crippen LogP contribution < -0.4 is 5.32 Å². The summed E-state index contributed by atoms with van der Waals surface area (Å²) in [6, 6.07) is 14.1. The van der Waals surface area contributed by atoms with E-state index in [0.717, 1.165) is 17.1 Å². The summed E-state index contributed by atoms with van der Waals surface area (Å²) in [5, 5.41) is 8.14. The maximum Gasteiger partial charge on any atom is 0.255 e. The number of hydrogen-bond acceptors (Lipinski definition) is 2. The molecule has 1 amide bonds. The molecule has 122 valence electrons. The molecule has 1 heterocycles. The zero-order valence-electron chi connectivity index (χ0n) is 13.2. The molecule has 0 aliphatic rings. The fraction of sp³-hybridized carbons (Fsp3) is 0.111. The van der Waals surface area contributed by atoms with Crippen molar-refractivity contribution < 1.29 is 4.79 Å². The first-order valence-corrected chi connectivity index (χ1v) is 8.10. The average Bonchev–Trinajstić information content (AvgIpc) is 2.89. The summed E-state index contributed by atoms with van der Waals surface area (Å²) in [6.07, 6.45) is 0. The number of carbonyl (C=O) groups excluding carboxylic acids is 1. The topological polar surface area (TPSA) is 46.9 Å². The summed E-state index contributed by atoms with van der Waals surface area (Å²) in [4.78, 5) is 12.4. The zero-order chi connectivity index (χ0) is 17.3. The molecule has 2 aromatic carbocycles. The van der Waals surface area contributed by atoms with Crippen LogP contribution in [0.4, 0.5) is 5.69 Å². The number of benzene rings is 2. The number of anilines is 1. The van der Waals surface area contributed by atoms with E-state index in [9.17, 15) is 4.79 Å². The molecular formula is C18H15Cl2N3O. The molecule has 0 aliphatic carbocycles. The second kappa shape index (κ2) is 6.67. The molecule has 0 saturated heterocycles. The van der Waals surface area contributed by atoms with Crippen molar-refractivity contribution in [2.45, 2.75) is 13.8 Å². The SMILES string of the molecule is Cc1cc(C)n(-c2ccc(C(=O)Nc3cc(Cl)ccc3Cl)cc2)n1. The van der Waals surface area contributed by atoms with Gasteiger partial charge >= 0.3 is 0 Å². The largest absolute Gasteiger partial charge is 0.321 e. The van der Waals surface area contributed by atoms with Crippen LogP contribution in [-0.2, 0) is 0 Å². The van der Waals surface area contributed by atoms with E-state index < -0.39 is 0 Å². The summed E-state index contributed by atoms with van der Waals surface area (Å²) in [5.41, 5.74) is 3.89. The summed E-state index contributed by atoms with van der Waals surface area (Å²) in [7, 11) is 0. The Kier molecular flexibility index (Phi) is 4.60. The molecule has 0 fully saturated rings. The zero-order valence-corrected chi connectivity index (χ0v) is 14.7. The van der Waals surface area contributed by atoms with E-state index in [4.69, 9.17) is 23.2 Å². The molecule has 0 atom stereocenters. The Hall–Kier alpha value is -2.30. The average molecular weight is 360 g/mol. The van der Waals surface area contributed by atoms with E-state index in [1.54, 1.807) is 30.3 Å². The molecule has 0 aliphatic heterocycles. The van der Waals surface area contributed by atoms with Crippen molar-refractivity contribution in [3.8, 4) is 5.69 Å². The van der Waals surface area contributed by atoms with Crippen molar-refractivity contribution in [1.29, 1.82) is 0 Å². The van der Waals surface area contributed by atoms with Crippen LogP contribution in [0.1, 0.15) is 21.7 Å². The van der Waals surface area contributed by atoms with Crippen LogP contribution in [0, 0.1) is 13.8 Å². The maximum atomic E-state index is 12.4. The molecule has 0 spiro atoms. The predicted molar refractivity (Wildman–Crippen MR) is 97.5 cm³/mol. The molecule has 0 radical (unpaired) electrons. The number of halogens is 2. The van der Waals surface area contributed by atoms with Crippen LogP contribution in [0.5, 0.6) is 0 Å². The standard InChI is InChI=1S/C18H15Cl2N3O/c1-11-9-12(2)23(22-11)15-6-3-13(4-7-15)18(24)21-17-10-14(19)5-8-16(17)20/h3-10H,1-2H3,(H,21,24). The lowest BCUT2D eigenvalue weighted by atomic mass is 10.2. The molecule has 1 N–H and O–H groups in total. The Balaban J connectivity index is 1.81. The van der Waals surface area contributed by atoms with Crippen LogP contribution in [-0.4, -0.2) is 15.7 Å². The number of aromatic nitrogens is 2. The minimum atomic E-state index is -0.251. The molecule has 3 rings (SSSR count). The molecule has 0 bridgehead atoms. The van der Waals surface area contributed by atoms with Gasteiger partial charge in [0.05, 0.1) is 22.1 Å². The number of amides is 1. The third-order valence-corrected chi connectivity index (χ3v) is 4.12. The van der Waals surface area contributed by atoms with Gasteiger partial charge in [-0.05, 0) is 62.4 Å². The van der Waals surface area contributed by atoms with E-state index in [1.165, 1.54) is 0 Å². The quantitative estimate of drug-likeness (QED) is 0.711. The maximum absolute atomic E-state index is 12.4. The third kappa shape index (κ3) is 3.45. The summed E-state index contributed by atoms with van der Waals surface area (Å²) < 4.78 is 1.84. The molecular weight excluding hydrogens is 345 g/mol. The highest BCUT2D eigenvalue weighted by Gasteiger charge is 2.10. The monoisotopic (exact) mass is 359 g/mol. The number of nitrogens with zero attached hydrogens (tertiary/aromatic N) is 2. The molecule has 0 saturated carbocycles. The van der Waals surface area contributed by atoms with Crippen LogP contribution >= 0.6 is 23.2 Å². The first kappa shape index (κ1) is 16.6. The lowest BCUT2D eigenvalue weighted by Crippen LogP contribution is -2.12. The molecule has 6 heteroatoms. The van der Waals surface area contributed by atoms with Gasteiger partial charge in [-0.1, -0.05) is 23.2 Å². The van der Waals surface area contributed by atoms with Crippen LogP contribution in [0.2, 0.25) is 10.0 Å². The molecule has 4 nitrogen and oxygen atoms in total. The van der Waals surface area contributed by atoms with Gasteiger partial charge in [-0.25, -0.2) is 4.68 Å². The van der Waals surface area contributed by atoms with E-state index in [-0.39, 0.29) is 5.91 Å². The van der Waals surface area contributed by atoms with E-state index in [2.05, 4.69) is 10.4 Å². The van der Waals surface area contributed by atoms with E-state index in [1.807, 2.05) is 36.7 Å². The summed E-state index contributed by atoms with van der Waals surface area (Å²) in [5.74, 6) is -0.251. The third-order valence-electron chi connectivity index (χ3n) is 3.56. The lowest BCUT2D eigenvalue weighted by Gasteiger charge is -2.09. The van der Waals surface area contributed by atoms with E-state index in [0.29, 0.717) is 21.3 Å². The Morgan fingerprint density at radius 2 is 1.75 bits per heavy atom. The minimum Gasteiger partial charge on any atom is -0.321 e. The van der Waals surface area contributed by atoms with Gasteiger partial charge in [0.2, 0.25) is 0 Å². The number of nitrogens with one attached hydrogen (secondary N) is 1. The van der Waals surface area contributed by atoms with Crippen LogP contribution in [0.3, 0.4) is 0 Å². The van der Waals surface area contributed by atoms with Gasteiger partial charge < -0.3 is 5.32 Å². The molecule has 0 unspecified atom stereocenters. The first-order chi connectivity index (χ1) is 11.4. The summed E-state index contributed by atoms with van der Waals surface area (Å²) >= 11 is 12.0.